The van der Waals surface area contributed by atoms with E-state index in [0.29, 0.717) is 5.41 Å². The van der Waals surface area contributed by atoms with E-state index in [1.54, 1.807) is 0 Å². The molecule has 1 aliphatic carbocycles. The van der Waals surface area contributed by atoms with Gasteiger partial charge in [0.1, 0.15) is 0 Å². The van der Waals surface area contributed by atoms with Crippen molar-refractivity contribution in [1.82, 2.24) is 14.9 Å². The monoisotopic (exact) mass is 233 g/mol. The van der Waals surface area contributed by atoms with Crippen molar-refractivity contribution in [2.75, 3.05) is 13.1 Å². The van der Waals surface area contributed by atoms with Crippen molar-refractivity contribution in [2.45, 2.75) is 45.1 Å². The number of hydrogen-bond donors (Lipinski definition) is 1. The van der Waals surface area contributed by atoms with Gasteiger partial charge in [-0.25, -0.2) is 4.98 Å². The Morgan fingerprint density at radius 1 is 1.59 bits per heavy atom. The van der Waals surface area contributed by atoms with Crippen molar-refractivity contribution < 1.29 is 0 Å². The number of aromatic nitrogens is 2. The second-order valence-electron chi connectivity index (χ2n) is 6.23. The molecule has 94 valence electrons. The highest BCUT2D eigenvalue weighted by Gasteiger charge is 2.34. The van der Waals surface area contributed by atoms with Crippen molar-refractivity contribution in [3.8, 4) is 0 Å². The third kappa shape index (κ3) is 2.13. The normalized spacial score (nSPS) is 30.7. The maximum atomic E-state index is 4.38. The highest BCUT2D eigenvalue weighted by atomic mass is 15.1. The van der Waals surface area contributed by atoms with Gasteiger partial charge in [0.2, 0.25) is 0 Å². The van der Waals surface area contributed by atoms with Crippen molar-refractivity contribution in [3.05, 3.63) is 18.2 Å². The van der Waals surface area contributed by atoms with Crippen molar-refractivity contribution in [1.29, 1.82) is 0 Å². The molecule has 2 aliphatic rings. The van der Waals surface area contributed by atoms with Gasteiger partial charge >= 0.3 is 0 Å². The summed E-state index contributed by atoms with van der Waals surface area (Å²) in [5.41, 5.74) is 1.72. The SMILES string of the molecule is CC(Cn1cncc1C1(C)CCNC1)C1CC1. The van der Waals surface area contributed by atoms with E-state index < -0.39 is 0 Å². The standard InChI is InChI=1S/C14H23N3/c1-11(12-3-4-12)8-17-10-16-7-13(17)14(2)5-6-15-9-14/h7,10-12,15H,3-6,8-9H2,1-2H3. The lowest BCUT2D eigenvalue weighted by molar-refractivity contribution is 0.394. The summed E-state index contributed by atoms with van der Waals surface area (Å²) < 4.78 is 2.40. The zero-order valence-electron chi connectivity index (χ0n) is 10.9. The van der Waals surface area contributed by atoms with Gasteiger partial charge in [-0.05, 0) is 37.6 Å². The summed E-state index contributed by atoms with van der Waals surface area (Å²) >= 11 is 0. The lowest BCUT2D eigenvalue weighted by atomic mass is 9.86. The predicted octanol–water partition coefficient (Wildman–Crippen LogP) is 2.18. The van der Waals surface area contributed by atoms with Crippen LogP contribution in [0.1, 0.15) is 38.8 Å². The zero-order valence-corrected chi connectivity index (χ0v) is 10.9. The smallest absolute Gasteiger partial charge is 0.0948 e. The Balaban J connectivity index is 1.78. The Bertz CT molecular complexity index is 386. The van der Waals surface area contributed by atoms with Crippen LogP contribution in [0.4, 0.5) is 0 Å². The van der Waals surface area contributed by atoms with Crippen LogP contribution in [-0.4, -0.2) is 22.6 Å². The molecule has 0 spiro atoms. The van der Waals surface area contributed by atoms with E-state index in [1.165, 1.54) is 25.0 Å². The molecule has 0 aromatic carbocycles. The molecule has 0 radical (unpaired) electrons. The van der Waals surface area contributed by atoms with E-state index >= 15 is 0 Å². The van der Waals surface area contributed by atoms with E-state index in [1.807, 2.05) is 6.33 Å². The third-order valence-electron chi connectivity index (χ3n) is 4.61. The molecule has 3 nitrogen and oxygen atoms in total. The molecule has 1 aromatic heterocycles. The molecule has 1 saturated carbocycles. The fourth-order valence-corrected chi connectivity index (χ4v) is 3.13. The van der Waals surface area contributed by atoms with Gasteiger partial charge in [-0.2, -0.15) is 0 Å². The Hall–Kier alpha value is -0.830. The molecular weight excluding hydrogens is 210 g/mol. The lowest BCUT2D eigenvalue weighted by Gasteiger charge is -2.25. The number of nitrogens with zero attached hydrogens (tertiary/aromatic N) is 2. The maximum Gasteiger partial charge on any atom is 0.0948 e. The molecule has 3 rings (SSSR count). The van der Waals surface area contributed by atoms with Crippen molar-refractivity contribution in [2.24, 2.45) is 11.8 Å². The zero-order chi connectivity index (χ0) is 11.9. The number of imidazole rings is 1. The Labute approximate surface area is 104 Å². The molecule has 1 N–H and O–H groups in total. The van der Waals surface area contributed by atoms with E-state index in [9.17, 15) is 0 Å². The topological polar surface area (TPSA) is 29.9 Å². The summed E-state index contributed by atoms with van der Waals surface area (Å²) in [6.07, 6.45) is 8.20. The lowest BCUT2D eigenvalue weighted by Crippen LogP contribution is -2.28. The molecule has 3 heteroatoms. The minimum absolute atomic E-state index is 0.291. The van der Waals surface area contributed by atoms with Gasteiger partial charge in [0.25, 0.3) is 0 Å². The van der Waals surface area contributed by atoms with Gasteiger partial charge in [-0.3, -0.25) is 0 Å². The second kappa shape index (κ2) is 4.13. The fourth-order valence-electron chi connectivity index (χ4n) is 3.13. The van der Waals surface area contributed by atoms with Crippen LogP contribution in [0.5, 0.6) is 0 Å². The summed E-state index contributed by atoms with van der Waals surface area (Å²) in [5, 5.41) is 3.48. The Kier molecular flexibility index (Phi) is 2.74. The first kappa shape index (κ1) is 11.3. The molecule has 1 saturated heterocycles. The van der Waals surface area contributed by atoms with Gasteiger partial charge in [0.15, 0.2) is 0 Å². The van der Waals surface area contributed by atoms with Gasteiger partial charge in [0.05, 0.1) is 6.33 Å². The summed E-state index contributed by atoms with van der Waals surface area (Å²) in [4.78, 5) is 4.38. The van der Waals surface area contributed by atoms with E-state index in [0.717, 1.165) is 31.5 Å². The van der Waals surface area contributed by atoms with Crippen LogP contribution < -0.4 is 5.32 Å². The van der Waals surface area contributed by atoms with Crippen LogP contribution in [0.15, 0.2) is 12.5 Å². The van der Waals surface area contributed by atoms with Crippen LogP contribution in [0.2, 0.25) is 0 Å². The van der Waals surface area contributed by atoms with Crippen LogP contribution in [-0.2, 0) is 12.0 Å². The molecule has 17 heavy (non-hydrogen) atoms. The number of rotatable bonds is 4. The van der Waals surface area contributed by atoms with Crippen LogP contribution in [0, 0.1) is 11.8 Å². The molecule has 2 fully saturated rings. The highest BCUT2D eigenvalue weighted by Crippen LogP contribution is 2.38. The van der Waals surface area contributed by atoms with E-state index in [4.69, 9.17) is 0 Å². The highest BCUT2D eigenvalue weighted by molar-refractivity contribution is 5.17. The van der Waals surface area contributed by atoms with Gasteiger partial charge in [-0.15, -0.1) is 0 Å². The van der Waals surface area contributed by atoms with E-state index in [-0.39, 0.29) is 0 Å². The first-order valence-electron chi connectivity index (χ1n) is 6.90. The first-order valence-corrected chi connectivity index (χ1v) is 6.90. The molecule has 1 aromatic rings. The molecule has 0 amide bonds. The predicted molar refractivity (Wildman–Crippen MR) is 69.0 cm³/mol. The molecule has 2 atom stereocenters. The summed E-state index contributed by atoms with van der Waals surface area (Å²) in [6, 6.07) is 0. The van der Waals surface area contributed by atoms with Crippen molar-refractivity contribution >= 4 is 0 Å². The fraction of sp³-hybridized carbons (Fsp3) is 0.786. The van der Waals surface area contributed by atoms with Crippen LogP contribution >= 0.6 is 0 Å². The largest absolute Gasteiger partial charge is 0.334 e. The molecule has 1 aliphatic heterocycles. The average Bonchev–Trinajstić information content (AvgIpc) is 2.91. The average molecular weight is 233 g/mol. The minimum Gasteiger partial charge on any atom is -0.334 e. The molecule has 2 unspecified atom stereocenters. The molecular formula is C14H23N3. The molecule has 0 bridgehead atoms. The quantitative estimate of drug-likeness (QED) is 0.864. The van der Waals surface area contributed by atoms with Crippen molar-refractivity contribution in [3.63, 3.8) is 0 Å². The van der Waals surface area contributed by atoms with Gasteiger partial charge in [-0.1, -0.05) is 13.8 Å². The Morgan fingerprint density at radius 3 is 3.06 bits per heavy atom. The number of nitrogens with one attached hydrogen (secondary N) is 1. The maximum absolute atomic E-state index is 4.38. The second-order valence-corrected chi connectivity index (χ2v) is 6.23. The summed E-state index contributed by atoms with van der Waals surface area (Å²) in [7, 11) is 0. The Morgan fingerprint density at radius 2 is 2.41 bits per heavy atom. The van der Waals surface area contributed by atoms with Gasteiger partial charge in [0, 0.05) is 30.4 Å². The van der Waals surface area contributed by atoms with Gasteiger partial charge < -0.3 is 9.88 Å². The first-order chi connectivity index (χ1) is 8.19. The minimum atomic E-state index is 0.291. The third-order valence-corrected chi connectivity index (χ3v) is 4.61. The van der Waals surface area contributed by atoms with E-state index in [2.05, 4.69) is 34.9 Å². The summed E-state index contributed by atoms with van der Waals surface area (Å²) in [6.45, 7) is 8.13. The molecule has 2 heterocycles. The van der Waals surface area contributed by atoms with Crippen LogP contribution in [0.3, 0.4) is 0 Å². The number of hydrogen-bond acceptors (Lipinski definition) is 2. The van der Waals surface area contributed by atoms with Crippen LogP contribution in [0.25, 0.3) is 0 Å². The summed E-state index contributed by atoms with van der Waals surface area (Å²) in [5.74, 6) is 1.78.